The molecule has 2 N–H and O–H groups in total. The van der Waals surface area contributed by atoms with Crippen LogP contribution in [0.1, 0.15) is 30.0 Å². The molecule has 0 saturated carbocycles. The fraction of sp³-hybridized carbons (Fsp3) is 0.417. The van der Waals surface area contributed by atoms with Gasteiger partial charge < -0.3 is 9.63 Å². The molecule has 1 unspecified atom stereocenters. The van der Waals surface area contributed by atoms with E-state index >= 15 is 0 Å². The van der Waals surface area contributed by atoms with Gasteiger partial charge in [-0.05, 0) is 19.9 Å². The van der Waals surface area contributed by atoms with E-state index in [4.69, 9.17) is 9.26 Å². The minimum Gasteiger partial charge on any atom is -0.461 e. The lowest BCUT2D eigenvalue weighted by Gasteiger charge is -2.11. The smallest absolute Gasteiger partial charge is 0.403 e. The molecule has 120 valence electrons. The van der Waals surface area contributed by atoms with Crippen molar-refractivity contribution < 1.29 is 23.5 Å². The van der Waals surface area contributed by atoms with Gasteiger partial charge >= 0.3 is 13.7 Å². The summed E-state index contributed by atoms with van der Waals surface area (Å²) in [5.41, 5.74) is 0.643. The Morgan fingerprint density at radius 1 is 1.41 bits per heavy atom. The molecule has 22 heavy (non-hydrogen) atoms. The number of fused-ring (bicyclic) bond motifs is 1. The van der Waals surface area contributed by atoms with Crippen LogP contribution in [0.5, 0.6) is 0 Å². The van der Waals surface area contributed by atoms with Gasteiger partial charge in [0.2, 0.25) is 5.78 Å². The summed E-state index contributed by atoms with van der Waals surface area (Å²) in [6, 6.07) is 1.64. The normalized spacial score (nSPS) is 14.0. The first-order chi connectivity index (χ1) is 10.4. The van der Waals surface area contributed by atoms with E-state index in [0.29, 0.717) is 11.5 Å². The number of imidazole rings is 1. The number of carbonyl (C=O) groups excluding carboxylic acids is 1. The summed E-state index contributed by atoms with van der Waals surface area (Å²) in [6.07, 6.45) is 3.16. The van der Waals surface area contributed by atoms with Gasteiger partial charge in [-0.3, -0.25) is 8.92 Å². The van der Waals surface area contributed by atoms with Gasteiger partial charge in [0.05, 0.1) is 18.9 Å². The number of carbonyl (C=O) groups is 1. The number of rotatable bonds is 7. The van der Waals surface area contributed by atoms with E-state index in [1.165, 1.54) is 6.20 Å². The summed E-state index contributed by atoms with van der Waals surface area (Å²) in [4.78, 5) is 29.3. The minimum atomic E-state index is -3.83. The van der Waals surface area contributed by atoms with Crippen molar-refractivity contribution in [3.8, 4) is 0 Å². The maximum absolute atomic E-state index is 11.6. The summed E-state index contributed by atoms with van der Waals surface area (Å²) >= 11 is 0. The van der Waals surface area contributed by atoms with Gasteiger partial charge in [-0.1, -0.05) is 0 Å². The predicted molar refractivity (Wildman–Crippen MR) is 77.2 cm³/mol. The molecule has 0 bridgehead atoms. The third-order valence-electron chi connectivity index (χ3n) is 2.63. The third kappa shape index (κ3) is 4.11. The molecule has 2 rings (SSSR count). The quantitative estimate of drug-likeness (QED) is 0.574. The number of hydrogen-bond donors (Lipinski definition) is 2. The second-order valence-corrected chi connectivity index (χ2v) is 5.86. The number of ether oxygens (including phenoxy) is 1. The van der Waals surface area contributed by atoms with Gasteiger partial charge in [-0.15, -0.1) is 0 Å². The van der Waals surface area contributed by atoms with Crippen molar-refractivity contribution in [2.45, 2.75) is 20.4 Å². The molecule has 2 aromatic rings. The summed E-state index contributed by atoms with van der Waals surface area (Å²) in [6.45, 7) is 3.75. The zero-order chi connectivity index (χ0) is 16.2. The molecule has 2 aromatic heterocycles. The lowest BCUT2D eigenvalue weighted by atomic mass is 10.4. The molecule has 0 aliphatic rings. The molecule has 2 heterocycles. The van der Waals surface area contributed by atoms with E-state index < -0.39 is 13.7 Å². The largest absolute Gasteiger partial charge is 0.461 e. The molecule has 9 nitrogen and oxygen atoms in total. The van der Waals surface area contributed by atoms with Crippen LogP contribution in [0.25, 0.3) is 5.78 Å². The number of esters is 1. The lowest BCUT2D eigenvalue weighted by molar-refractivity contribution is 0.0520. The first kappa shape index (κ1) is 16.6. The molecular weight excluding hydrogens is 311 g/mol. The van der Waals surface area contributed by atoms with Crippen molar-refractivity contribution in [2.75, 3.05) is 13.2 Å². The Morgan fingerprint density at radius 3 is 2.86 bits per heavy atom. The van der Waals surface area contributed by atoms with Crippen molar-refractivity contribution in [3.63, 3.8) is 0 Å². The van der Waals surface area contributed by atoms with E-state index in [1.54, 1.807) is 30.5 Å². The number of hydrogen-bond acceptors (Lipinski definition) is 6. The van der Waals surface area contributed by atoms with Gasteiger partial charge in [0.15, 0.2) is 5.69 Å². The van der Waals surface area contributed by atoms with E-state index in [-0.39, 0.29) is 25.5 Å². The maximum atomic E-state index is 11.6. The Morgan fingerprint density at radius 2 is 2.18 bits per heavy atom. The number of aromatic nitrogens is 3. The van der Waals surface area contributed by atoms with Crippen molar-refractivity contribution in [1.29, 1.82) is 0 Å². The van der Waals surface area contributed by atoms with E-state index in [1.807, 2.05) is 0 Å². The van der Waals surface area contributed by atoms with Crippen LogP contribution in [-0.2, 0) is 20.4 Å². The first-order valence-corrected chi connectivity index (χ1v) is 8.27. The molecule has 0 fully saturated rings. The van der Waals surface area contributed by atoms with Crippen molar-refractivity contribution in [3.05, 3.63) is 29.8 Å². The molecule has 10 heteroatoms. The van der Waals surface area contributed by atoms with Gasteiger partial charge in [0.1, 0.15) is 0 Å². The molecule has 0 amide bonds. The average molecular weight is 328 g/mol. The summed E-state index contributed by atoms with van der Waals surface area (Å²) in [5, 5.41) is 2.39. The number of nitrogens with one attached hydrogen (secondary N) is 1. The van der Waals surface area contributed by atoms with Crippen LogP contribution >= 0.6 is 7.75 Å². The fourth-order valence-electron chi connectivity index (χ4n) is 1.71. The van der Waals surface area contributed by atoms with Crippen LogP contribution in [0.4, 0.5) is 0 Å². The van der Waals surface area contributed by atoms with Gasteiger partial charge in [-0.25, -0.2) is 24.4 Å². The Kier molecular flexibility index (Phi) is 5.25. The van der Waals surface area contributed by atoms with Gasteiger partial charge in [0.25, 0.3) is 0 Å². The van der Waals surface area contributed by atoms with Crippen LogP contribution in [0.2, 0.25) is 0 Å². The predicted octanol–water partition coefficient (Wildman–Crippen LogP) is 1.13. The zero-order valence-corrected chi connectivity index (χ0v) is 13.1. The Balaban J connectivity index is 2.13. The fourth-order valence-corrected chi connectivity index (χ4v) is 2.51. The monoisotopic (exact) mass is 328 g/mol. The van der Waals surface area contributed by atoms with Crippen molar-refractivity contribution in [1.82, 2.24) is 19.5 Å². The molecule has 0 aliphatic carbocycles. The highest BCUT2D eigenvalue weighted by Crippen LogP contribution is 2.36. The zero-order valence-electron chi connectivity index (χ0n) is 12.2. The van der Waals surface area contributed by atoms with Crippen molar-refractivity contribution >= 4 is 19.5 Å². The Hall–Kier alpha value is -1.80. The molecule has 1 atom stereocenters. The molecule has 0 spiro atoms. The summed E-state index contributed by atoms with van der Waals surface area (Å²) in [7, 11) is -3.83. The van der Waals surface area contributed by atoms with Crippen molar-refractivity contribution in [2.24, 2.45) is 0 Å². The summed E-state index contributed by atoms with van der Waals surface area (Å²) < 4.78 is 22.7. The molecular formula is C12H17N4O5P. The third-order valence-corrected chi connectivity index (χ3v) is 3.80. The highest BCUT2D eigenvalue weighted by atomic mass is 31.2. The number of nitrogens with zero attached hydrogens (tertiary/aromatic N) is 3. The first-order valence-electron chi connectivity index (χ1n) is 6.69. The van der Waals surface area contributed by atoms with Crippen LogP contribution in [0, 0.1) is 0 Å². The summed E-state index contributed by atoms with van der Waals surface area (Å²) in [5.74, 6) is -0.226. The molecule has 0 radical (unpaired) electrons. The highest BCUT2D eigenvalue weighted by Gasteiger charge is 2.18. The molecule has 0 aromatic carbocycles. The molecule has 0 saturated heterocycles. The second-order valence-electron chi connectivity index (χ2n) is 4.25. The van der Waals surface area contributed by atoms with Crippen LogP contribution in [0.15, 0.2) is 18.5 Å². The maximum Gasteiger partial charge on any atom is 0.403 e. The van der Waals surface area contributed by atoms with Crippen LogP contribution in [-0.4, -0.2) is 38.4 Å². The van der Waals surface area contributed by atoms with E-state index in [9.17, 15) is 14.3 Å². The Bertz CT molecular complexity index is 717. The van der Waals surface area contributed by atoms with Gasteiger partial charge in [0, 0.05) is 18.9 Å². The SMILES string of the molecule is CCOC(=O)c1cn2ccc(CNP(=O)(O)OCC)nc2n1. The lowest BCUT2D eigenvalue weighted by Crippen LogP contribution is -2.13. The minimum absolute atomic E-state index is 0.0336. The topological polar surface area (TPSA) is 115 Å². The van der Waals surface area contributed by atoms with Gasteiger partial charge in [-0.2, -0.15) is 0 Å². The molecule has 0 aliphatic heterocycles. The highest BCUT2D eigenvalue weighted by molar-refractivity contribution is 7.50. The van der Waals surface area contributed by atoms with Crippen LogP contribution < -0.4 is 5.09 Å². The van der Waals surface area contributed by atoms with E-state index in [2.05, 4.69) is 15.1 Å². The van der Waals surface area contributed by atoms with E-state index in [0.717, 1.165) is 0 Å². The van der Waals surface area contributed by atoms with Crippen LogP contribution in [0.3, 0.4) is 0 Å². The standard InChI is InChI=1S/C12H17N4O5P/c1-3-20-11(17)10-8-16-6-5-9(14-12(16)15-10)7-13-22(18,19)21-4-2/h5-6,8H,3-4,7H2,1-2H3,(H2,13,18,19). The second kappa shape index (κ2) is 6.97. The average Bonchev–Trinajstić information content (AvgIpc) is 2.88. The Labute approximate surface area is 126 Å².